The summed E-state index contributed by atoms with van der Waals surface area (Å²) >= 11 is 0. The second-order valence-corrected chi connectivity index (χ2v) is 10.9. The van der Waals surface area contributed by atoms with E-state index in [0.717, 1.165) is 49.8 Å². The smallest absolute Gasteiger partial charge is 0.220 e. The number of ether oxygens (including phenoxy) is 3. The monoisotopic (exact) mass is 575 g/mol. The summed E-state index contributed by atoms with van der Waals surface area (Å²) < 4.78 is 17.0. The van der Waals surface area contributed by atoms with Gasteiger partial charge in [-0.3, -0.25) is 9.59 Å². The quantitative estimate of drug-likeness (QED) is 0.231. The molecule has 3 atom stereocenters. The van der Waals surface area contributed by atoms with Crippen molar-refractivity contribution in [1.29, 1.82) is 0 Å². The molecule has 0 aliphatic carbocycles. The number of phenols is 1. The third-order valence-electron chi connectivity index (χ3n) is 7.11. The average Bonchev–Trinajstić information content (AvgIpc) is 3.49. The van der Waals surface area contributed by atoms with Crippen molar-refractivity contribution in [1.82, 2.24) is 15.6 Å². The highest BCUT2D eigenvalue weighted by Crippen LogP contribution is 2.23. The molecular weight excluding hydrogens is 534 g/mol. The first kappa shape index (κ1) is 30.8. The topological polar surface area (TPSA) is 119 Å². The molecule has 224 valence electrons. The lowest BCUT2D eigenvalue weighted by Crippen LogP contribution is -2.36. The van der Waals surface area contributed by atoms with Crippen LogP contribution < -0.4 is 20.1 Å². The number of benzene rings is 2. The molecule has 2 heterocycles. The van der Waals surface area contributed by atoms with Gasteiger partial charge >= 0.3 is 0 Å². The van der Waals surface area contributed by atoms with Crippen LogP contribution in [0.5, 0.6) is 23.1 Å². The molecule has 1 fully saturated rings. The van der Waals surface area contributed by atoms with Gasteiger partial charge in [0.15, 0.2) is 0 Å². The number of hydrogen-bond acceptors (Lipinski definition) is 7. The number of carbonyl (C=O) groups is 2. The average molecular weight is 576 g/mol. The van der Waals surface area contributed by atoms with E-state index >= 15 is 0 Å². The van der Waals surface area contributed by atoms with Crippen LogP contribution in [0.2, 0.25) is 0 Å². The van der Waals surface area contributed by atoms with E-state index in [1.165, 1.54) is 0 Å². The van der Waals surface area contributed by atoms with Crippen LogP contribution in [0.4, 0.5) is 0 Å². The Labute approximate surface area is 247 Å². The maximum atomic E-state index is 12.4. The van der Waals surface area contributed by atoms with Crippen molar-refractivity contribution in [2.45, 2.75) is 77.0 Å². The van der Waals surface area contributed by atoms with E-state index < -0.39 is 0 Å². The molecule has 9 nitrogen and oxygen atoms in total. The van der Waals surface area contributed by atoms with Crippen LogP contribution in [0.1, 0.15) is 57.1 Å². The van der Waals surface area contributed by atoms with Gasteiger partial charge in [0.25, 0.3) is 0 Å². The van der Waals surface area contributed by atoms with Gasteiger partial charge in [0.05, 0.1) is 19.4 Å². The number of rotatable bonds is 15. The maximum Gasteiger partial charge on any atom is 0.220 e. The van der Waals surface area contributed by atoms with E-state index in [9.17, 15) is 14.7 Å². The lowest BCUT2D eigenvalue weighted by Gasteiger charge is -2.16. The lowest BCUT2D eigenvalue weighted by molar-refractivity contribution is -0.127. The van der Waals surface area contributed by atoms with E-state index in [2.05, 4.69) is 15.6 Å². The number of carbonyl (C=O) groups excluding carboxylic acids is 2. The second kappa shape index (κ2) is 15.8. The van der Waals surface area contributed by atoms with E-state index in [1.54, 1.807) is 24.4 Å². The number of nitrogens with one attached hydrogen (secondary N) is 2. The van der Waals surface area contributed by atoms with Gasteiger partial charge in [-0.2, -0.15) is 0 Å². The second-order valence-electron chi connectivity index (χ2n) is 10.9. The number of phenolic OH excluding ortho intramolecular Hbond substituents is 1. The van der Waals surface area contributed by atoms with Crippen LogP contribution in [-0.4, -0.2) is 53.3 Å². The van der Waals surface area contributed by atoms with Gasteiger partial charge < -0.3 is 30.0 Å². The third kappa shape index (κ3) is 10.7. The highest BCUT2D eigenvalue weighted by Gasteiger charge is 2.17. The number of pyridine rings is 1. The van der Waals surface area contributed by atoms with Crippen LogP contribution in [0.15, 0.2) is 66.9 Å². The van der Waals surface area contributed by atoms with Gasteiger partial charge in [0, 0.05) is 37.4 Å². The summed E-state index contributed by atoms with van der Waals surface area (Å²) in [5.41, 5.74) is 2.24. The summed E-state index contributed by atoms with van der Waals surface area (Å²) in [6, 6.07) is 18.5. The van der Waals surface area contributed by atoms with Crippen molar-refractivity contribution in [2.24, 2.45) is 0 Å². The third-order valence-corrected chi connectivity index (χ3v) is 7.11. The fraction of sp³-hybridized carbons (Fsp3) is 0.424. The molecule has 3 unspecified atom stereocenters. The van der Waals surface area contributed by atoms with Crippen molar-refractivity contribution in [2.75, 3.05) is 13.2 Å². The van der Waals surface area contributed by atoms with Gasteiger partial charge in [0.2, 0.25) is 17.7 Å². The standard InChI is InChI=1S/C33H41N3O6/c1-23(3-5-25-7-11-27(37)12-8-25)35-31(38)16-17-32(39)36-24(2)4-6-26-9-13-28(14-10-26)42-33-18-15-29(21-34-33)41-30-19-20-40-22-30/h7-15,18,21,23-24,30,37H,3-6,16-17,19-20,22H2,1-2H3,(H,35,38)(H,36,39). The summed E-state index contributed by atoms with van der Waals surface area (Å²) in [6.45, 7) is 5.27. The molecule has 42 heavy (non-hydrogen) atoms. The van der Waals surface area contributed by atoms with E-state index in [-0.39, 0.29) is 48.6 Å². The van der Waals surface area contributed by atoms with E-state index in [1.807, 2.05) is 56.3 Å². The molecule has 0 spiro atoms. The van der Waals surface area contributed by atoms with Gasteiger partial charge in [0.1, 0.15) is 23.4 Å². The Bertz CT molecular complexity index is 1260. The van der Waals surface area contributed by atoms with Crippen molar-refractivity contribution in [3.63, 3.8) is 0 Å². The fourth-order valence-corrected chi connectivity index (χ4v) is 4.63. The minimum Gasteiger partial charge on any atom is -0.508 e. The Morgan fingerprint density at radius 1 is 0.881 bits per heavy atom. The van der Waals surface area contributed by atoms with Gasteiger partial charge in [-0.15, -0.1) is 0 Å². The first-order chi connectivity index (χ1) is 20.3. The van der Waals surface area contributed by atoms with E-state index in [4.69, 9.17) is 14.2 Å². The van der Waals surface area contributed by atoms with Gasteiger partial charge in [-0.25, -0.2) is 4.98 Å². The molecule has 1 aliphatic rings. The van der Waals surface area contributed by atoms with E-state index in [0.29, 0.717) is 24.0 Å². The highest BCUT2D eigenvalue weighted by molar-refractivity contribution is 5.83. The summed E-state index contributed by atoms with van der Waals surface area (Å²) in [5.74, 6) is 1.87. The Morgan fingerprint density at radius 2 is 1.45 bits per heavy atom. The molecular formula is C33H41N3O6. The molecule has 2 amide bonds. The molecule has 1 aromatic heterocycles. The molecule has 3 aromatic rings. The van der Waals surface area contributed by atoms with Crippen LogP contribution in [0, 0.1) is 0 Å². The number of amides is 2. The van der Waals surface area contributed by atoms with Crippen LogP contribution in [0.25, 0.3) is 0 Å². The Hall–Kier alpha value is -4.11. The largest absolute Gasteiger partial charge is 0.508 e. The predicted octanol–water partition coefficient (Wildman–Crippen LogP) is 5.10. The molecule has 2 aromatic carbocycles. The summed E-state index contributed by atoms with van der Waals surface area (Å²) in [7, 11) is 0. The molecule has 0 bridgehead atoms. The number of aromatic nitrogens is 1. The molecule has 9 heteroatoms. The zero-order valence-electron chi connectivity index (χ0n) is 24.4. The van der Waals surface area contributed by atoms with Crippen molar-refractivity contribution >= 4 is 11.8 Å². The molecule has 1 aliphatic heterocycles. The van der Waals surface area contributed by atoms with Crippen LogP contribution >= 0.6 is 0 Å². The first-order valence-electron chi connectivity index (χ1n) is 14.7. The van der Waals surface area contributed by atoms with Crippen LogP contribution in [0.3, 0.4) is 0 Å². The van der Waals surface area contributed by atoms with Crippen molar-refractivity contribution in [3.8, 4) is 23.1 Å². The highest BCUT2D eigenvalue weighted by atomic mass is 16.5. The fourth-order valence-electron chi connectivity index (χ4n) is 4.63. The summed E-state index contributed by atoms with van der Waals surface area (Å²) in [6.07, 6.45) is 6.10. The Kier molecular flexibility index (Phi) is 11.6. The number of nitrogens with zero attached hydrogens (tertiary/aromatic N) is 1. The number of aromatic hydroxyl groups is 1. The SMILES string of the molecule is CC(CCc1ccc(O)cc1)NC(=O)CCC(=O)NC(C)CCc1ccc(Oc2ccc(OC3CCOC3)cn2)cc1. The van der Waals surface area contributed by atoms with Gasteiger partial charge in [-0.05, 0) is 81.0 Å². The van der Waals surface area contributed by atoms with Gasteiger partial charge in [-0.1, -0.05) is 24.3 Å². The number of aryl methyl sites for hydroxylation is 2. The Morgan fingerprint density at radius 3 is 1.98 bits per heavy atom. The Balaban J connectivity index is 1.09. The zero-order valence-corrected chi connectivity index (χ0v) is 24.4. The molecule has 0 radical (unpaired) electrons. The van der Waals surface area contributed by atoms with Crippen molar-refractivity contribution < 1.29 is 28.9 Å². The minimum absolute atomic E-state index is 0.00123. The molecule has 3 N–H and O–H groups in total. The predicted molar refractivity (Wildman–Crippen MR) is 160 cm³/mol. The minimum atomic E-state index is -0.128. The lowest BCUT2D eigenvalue weighted by atomic mass is 10.1. The normalized spacial score (nSPS) is 15.9. The molecule has 1 saturated heterocycles. The summed E-state index contributed by atoms with van der Waals surface area (Å²) in [4.78, 5) is 29.0. The number of hydrogen-bond donors (Lipinski definition) is 3. The zero-order chi connectivity index (χ0) is 29.7. The van der Waals surface area contributed by atoms with Crippen molar-refractivity contribution in [3.05, 3.63) is 78.0 Å². The first-order valence-corrected chi connectivity index (χ1v) is 14.7. The molecule has 4 rings (SSSR count). The molecule has 0 saturated carbocycles. The summed E-state index contributed by atoms with van der Waals surface area (Å²) in [5, 5.41) is 15.3. The van der Waals surface area contributed by atoms with Crippen LogP contribution in [-0.2, 0) is 27.2 Å². The maximum absolute atomic E-state index is 12.4.